The van der Waals surface area contributed by atoms with Crippen LogP contribution in [0.25, 0.3) is 0 Å². The average Bonchev–Trinajstić information content (AvgIpc) is 2.87. The van der Waals surface area contributed by atoms with E-state index in [2.05, 4.69) is 5.32 Å². The quantitative estimate of drug-likeness (QED) is 0.769. The third kappa shape index (κ3) is 4.16. The van der Waals surface area contributed by atoms with E-state index in [1.54, 1.807) is 26.2 Å². The van der Waals surface area contributed by atoms with Gasteiger partial charge in [0.1, 0.15) is 11.4 Å². The van der Waals surface area contributed by atoms with Crippen molar-refractivity contribution in [1.29, 1.82) is 0 Å². The first kappa shape index (κ1) is 14.7. The van der Waals surface area contributed by atoms with Gasteiger partial charge in [0.05, 0.1) is 12.8 Å². The number of hydrogen-bond donors (Lipinski definition) is 2. The number of rotatable bonds is 7. The van der Waals surface area contributed by atoms with Crippen molar-refractivity contribution in [3.8, 4) is 0 Å². The second-order valence-electron chi connectivity index (χ2n) is 4.65. The van der Waals surface area contributed by atoms with Gasteiger partial charge in [0.2, 0.25) is 5.91 Å². The standard InChI is InChI=1S/C13H21NO4/c1-10(6-8-17-3)12(15)14-9-13(2,16)11-5-4-7-18-11/h4-5,7,10,16H,6,8-9H2,1-3H3,(H,14,15). The second kappa shape index (κ2) is 6.56. The fourth-order valence-corrected chi connectivity index (χ4v) is 1.53. The van der Waals surface area contributed by atoms with Gasteiger partial charge in [0.15, 0.2) is 0 Å². The summed E-state index contributed by atoms with van der Waals surface area (Å²) in [5.74, 6) is 0.198. The Balaban J connectivity index is 2.42. The van der Waals surface area contributed by atoms with Crippen molar-refractivity contribution >= 4 is 5.91 Å². The van der Waals surface area contributed by atoms with Gasteiger partial charge < -0.3 is 19.6 Å². The maximum Gasteiger partial charge on any atom is 0.223 e. The topological polar surface area (TPSA) is 71.7 Å². The number of nitrogens with one attached hydrogen (secondary N) is 1. The summed E-state index contributed by atoms with van der Waals surface area (Å²) in [6.07, 6.45) is 2.15. The van der Waals surface area contributed by atoms with E-state index in [9.17, 15) is 9.90 Å². The molecule has 0 radical (unpaired) electrons. The van der Waals surface area contributed by atoms with Gasteiger partial charge in [-0.25, -0.2) is 0 Å². The Morgan fingerprint density at radius 1 is 1.67 bits per heavy atom. The number of amides is 1. The van der Waals surface area contributed by atoms with E-state index in [1.165, 1.54) is 6.26 Å². The van der Waals surface area contributed by atoms with Crippen LogP contribution in [-0.4, -0.2) is 31.3 Å². The first-order valence-corrected chi connectivity index (χ1v) is 6.00. The van der Waals surface area contributed by atoms with Gasteiger partial charge in [-0.1, -0.05) is 6.92 Å². The van der Waals surface area contributed by atoms with Crippen LogP contribution in [0.15, 0.2) is 22.8 Å². The third-order valence-electron chi connectivity index (χ3n) is 2.86. The minimum Gasteiger partial charge on any atom is -0.466 e. The number of carbonyl (C=O) groups is 1. The number of carbonyl (C=O) groups excluding carboxylic acids is 1. The van der Waals surface area contributed by atoms with Crippen LogP contribution in [0.3, 0.4) is 0 Å². The molecule has 5 heteroatoms. The minimum absolute atomic E-state index is 0.0983. The molecule has 102 valence electrons. The van der Waals surface area contributed by atoms with E-state index in [-0.39, 0.29) is 18.4 Å². The van der Waals surface area contributed by atoms with Gasteiger partial charge in [-0.05, 0) is 25.5 Å². The Labute approximate surface area is 107 Å². The molecule has 0 aliphatic rings. The molecule has 0 fully saturated rings. The van der Waals surface area contributed by atoms with Crippen molar-refractivity contribution in [3.63, 3.8) is 0 Å². The molecule has 0 aliphatic heterocycles. The average molecular weight is 255 g/mol. The zero-order chi connectivity index (χ0) is 13.6. The van der Waals surface area contributed by atoms with Crippen molar-refractivity contribution in [2.45, 2.75) is 25.9 Å². The van der Waals surface area contributed by atoms with Gasteiger partial charge in [0, 0.05) is 19.6 Å². The summed E-state index contributed by atoms with van der Waals surface area (Å²) in [7, 11) is 1.60. The Hall–Kier alpha value is -1.33. The fourth-order valence-electron chi connectivity index (χ4n) is 1.53. The second-order valence-corrected chi connectivity index (χ2v) is 4.65. The molecule has 2 N–H and O–H groups in total. The molecular formula is C13H21NO4. The SMILES string of the molecule is COCCC(C)C(=O)NCC(C)(O)c1ccco1. The lowest BCUT2D eigenvalue weighted by atomic mass is 10.0. The summed E-state index contributed by atoms with van der Waals surface area (Å²) < 4.78 is 10.1. The highest BCUT2D eigenvalue weighted by atomic mass is 16.5. The molecule has 0 saturated heterocycles. The van der Waals surface area contributed by atoms with E-state index in [0.717, 1.165) is 0 Å². The van der Waals surface area contributed by atoms with E-state index in [1.807, 2.05) is 6.92 Å². The maximum absolute atomic E-state index is 11.8. The number of hydrogen-bond acceptors (Lipinski definition) is 4. The zero-order valence-corrected chi connectivity index (χ0v) is 11.1. The van der Waals surface area contributed by atoms with Crippen molar-refractivity contribution in [1.82, 2.24) is 5.32 Å². The van der Waals surface area contributed by atoms with Crippen LogP contribution in [0, 0.1) is 5.92 Å². The van der Waals surface area contributed by atoms with Crippen molar-refractivity contribution in [2.75, 3.05) is 20.3 Å². The predicted octanol–water partition coefficient (Wildman–Crippen LogP) is 1.28. The van der Waals surface area contributed by atoms with Crippen LogP contribution in [0.5, 0.6) is 0 Å². The van der Waals surface area contributed by atoms with Crippen LogP contribution in [0.1, 0.15) is 26.0 Å². The zero-order valence-electron chi connectivity index (χ0n) is 11.1. The minimum atomic E-state index is -1.19. The molecule has 18 heavy (non-hydrogen) atoms. The van der Waals surface area contributed by atoms with Crippen LogP contribution in [0.4, 0.5) is 0 Å². The highest BCUT2D eigenvalue weighted by molar-refractivity contribution is 5.78. The Bertz CT molecular complexity index is 359. The molecule has 0 bridgehead atoms. The number of aliphatic hydroxyl groups is 1. The predicted molar refractivity (Wildman–Crippen MR) is 66.9 cm³/mol. The maximum atomic E-state index is 11.8. The first-order valence-electron chi connectivity index (χ1n) is 6.00. The Morgan fingerprint density at radius 2 is 2.39 bits per heavy atom. The highest BCUT2D eigenvalue weighted by Gasteiger charge is 2.27. The van der Waals surface area contributed by atoms with Crippen LogP contribution >= 0.6 is 0 Å². The summed E-state index contributed by atoms with van der Waals surface area (Å²) in [4.78, 5) is 11.8. The molecule has 0 spiro atoms. The van der Waals surface area contributed by atoms with Gasteiger partial charge >= 0.3 is 0 Å². The molecule has 0 aromatic carbocycles. The molecule has 1 amide bonds. The van der Waals surface area contributed by atoms with E-state index < -0.39 is 5.60 Å². The van der Waals surface area contributed by atoms with E-state index in [4.69, 9.17) is 9.15 Å². The first-order chi connectivity index (χ1) is 8.47. The van der Waals surface area contributed by atoms with Gasteiger partial charge in [-0.15, -0.1) is 0 Å². The molecule has 2 atom stereocenters. The number of ether oxygens (including phenoxy) is 1. The summed E-state index contributed by atoms with van der Waals surface area (Å²) in [6.45, 7) is 4.10. The lowest BCUT2D eigenvalue weighted by Crippen LogP contribution is -2.40. The Kier molecular flexibility index (Phi) is 5.37. The molecule has 1 rings (SSSR count). The van der Waals surface area contributed by atoms with Gasteiger partial charge in [-0.2, -0.15) is 0 Å². The monoisotopic (exact) mass is 255 g/mol. The van der Waals surface area contributed by atoms with Crippen LogP contribution in [0.2, 0.25) is 0 Å². The molecule has 2 unspecified atom stereocenters. The molecule has 1 aromatic rings. The molecular weight excluding hydrogens is 234 g/mol. The summed E-state index contributed by atoms with van der Waals surface area (Å²) in [6, 6.07) is 3.38. The van der Waals surface area contributed by atoms with Crippen molar-refractivity contribution in [2.24, 2.45) is 5.92 Å². The number of furan rings is 1. The molecule has 5 nitrogen and oxygen atoms in total. The lowest BCUT2D eigenvalue weighted by Gasteiger charge is -2.22. The van der Waals surface area contributed by atoms with Crippen molar-refractivity contribution in [3.05, 3.63) is 24.2 Å². The summed E-state index contributed by atoms with van der Waals surface area (Å²) in [5, 5.41) is 12.9. The molecule has 1 heterocycles. The van der Waals surface area contributed by atoms with E-state index >= 15 is 0 Å². The lowest BCUT2D eigenvalue weighted by molar-refractivity contribution is -0.126. The van der Waals surface area contributed by atoms with Crippen LogP contribution in [-0.2, 0) is 15.1 Å². The normalized spacial score (nSPS) is 16.0. The van der Waals surface area contributed by atoms with Gasteiger partial charge in [0.25, 0.3) is 0 Å². The summed E-state index contributed by atoms with van der Waals surface area (Å²) in [5.41, 5.74) is -1.19. The third-order valence-corrected chi connectivity index (χ3v) is 2.86. The van der Waals surface area contributed by atoms with Crippen molar-refractivity contribution < 1.29 is 19.1 Å². The largest absolute Gasteiger partial charge is 0.466 e. The summed E-state index contributed by atoms with van der Waals surface area (Å²) >= 11 is 0. The van der Waals surface area contributed by atoms with Crippen LogP contribution < -0.4 is 5.32 Å². The Morgan fingerprint density at radius 3 is 2.94 bits per heavy atom. The van der Waals surface area contributed by atoms with E-state index in [0.29, 0.717) is 18.8 Å². The van der Waals surface area contributed by atoms with Gasteiger partial charge in [-0.3, -0.25) is 4.79 Å². The molecule has 1 aromatic heterocycles. The molecule has 0 aliphatic carbocycles. The fraction of sp³-hybridized carbons (Fsp3) is 0.615. The highest BCUT2D eigenvalue weighted by Crippen LogP contribution is 2.19. The number of methoxy groups -OCH3 is 1. The smallest absolute Gasteiger partial charge is 0.223 e. The molecule has 0 saturated carbocycles.